The van der Waals surface area contributed by atoms with E-state index < -0.39 is 0 Å². The molecule has 3 heteroatoms. The van der Waals surface area contributed by atoms with Gasteiger partial charge in [-0.1, -0.05) is 41.9 Å². The van der Waals surface area contributed by atoms with Gasteiger partial charge in [-0.25, -0.2) is 0 Å². The first-order valence-corrected chi connectivity index (χ1v) is 6.76. The molecule has 2 aromatic rings. The highest BCUT2D eigenvalue weighted by atomic mass is 35.5. The fraction of sp³-hybridized carbons (Fsp3) is 0.250. The van der Waals surface area contributed by atoms with E-state index in [-0.39, 0.29) is 5.54 Å². The van der Waals surface area contributed by atoms with Gasteiger partial charge in [0, 0.05) is 5.02 Å². The molecule has 0 fully saturated rings. The Morgan fingerprint density at radius 2 is 2.00 bits per heavy atom. The van der Waals surface area contributed by atoms with Crippen LogP contribution in [0.2, 0.25) is 5.02 Å². The third-order valence-corrected chi connectivity index (χ3v) is 3.71. The van der Waals surface area contributed by atoms with Crippen LogP contribution >= 0.6 is 11.6 Å². The van der Waals surface area contributed by atoms with Crippen LogP contribution in [0, 0.1) is 0 Å². The number of halogens is 1. The second kappa shape index (κ2) is 4.87. The molecule has 0 amide bonds. The van der Waals surface area contributed by atoms with E-state index >= 15 is 0 Å². The van der Waals surface area contributed by atoms with Crippen LogP contribution in [0.4, 0.5) is 0 Å². The third-order valence-electron chi connectivity index (χ3n) is 3.48. The minimum Gasteiger partial charge on any atom is -0.491 e. The summed E-state index contributed by atoms with van der Waals surface area (Å²) < 4.78 is 5.78. The number of hydrogen-bond donors (Lipinski definition) is 1. The SMILES string of the molecule is NC1(Cc2cccc(Cl)c2)COc2ccccc2C1. The molecule has 2 N–H and O–H groups in total. The van der Waals surface area contributed by atoms with Crippen LogP contribution in [0.3, 0.4) is 0 Å². The molecule has 0 aromatic heterocycles. The lowest BCUT2D eigenvalue weighted by molar-refractivity contribution is 0.190. The lowest BCUT2D eigenvalue weighted by Gasteiger charge is -2.34. The van der Waals surface area contributed by atoms with E-state index in [1.54, 1.807) is 0 Å². The maximum Gasteiger partial charge on any atom is 0.122 e. The fourth-order valence-electron chi connectivity index (χ4n) is 2.61. The lowest BCUT2D eigenvalue weighted by atomic mass is 9.84. The Labute approximate surface area is 118 Å². The third kappa shape index (κ3) is 2.75. The van der Waals surface area contributed by atoms with Gasteiger partial charge in [-0.05, 0) is 42.2 Å². The van der Waals surface area contributed by atoms with Crippen molar-refractivity contribution in [3.05, 3.63) is 64.7 Å². The van der Waals surface area contributed by atoms with E-state index in [1.165, 1.54) is 5.56 Å². The van der Waals surface area contributed by atoms with E-state index in [2.05, 4.69) is 12.1 Å². The summed E-state index contributed by atoms with van der Waals surface area (Å²) in [5, 5.41) is 0.748. The smallest absolute Gasteiger partial charge is 0.122 e. The van der Waals surface area contributed by atoms with Crippen LogP contribution < -0.4 is 10.5 Å². The number of ether oxygens (including phenoxy) is 1. The molecule has 0 spiro atoms. The van der Waals surface area contributed by atoms with E-state index in [9.17, 15) is 0 Å². The average Bonchev–Trinajstić information content (AvgIpc) is 2.38. The Hall–Kier alpha value is -1.51. The van der Waals surface area contributed by atoms with Gasteiger partial charge in [-0.3, -0.25) is 0 Å². The molecular weight excluding hydrogens is 258 g/mol. The highest BCUT2D eigenvalue weighted by molar-refractivity contribution is 6.30. The number of para-hydroxylation sites is 1. The molecule has 0 aliphatic carbocycles. The van der Waals surface area contributed by atoms with Gasteiger partial charge in [0.1, 0.15) is 12.4 Å². The van der Waals surface area contributed by atoms with Gasteiger partial charge in [0.25, 0.3) is 0 Å². The summed E-state index contributed by atoms with van der Waals surface area (Å²) in [6, 6.07) is 15.9. The Bertz CT molecular complexity index is 599. The highest BCUT2D eigenvalue weighted by Crippen LogP contribution is 2.30. The van der Waals surface area contributed by atoms with Crippen molar-refractivity contribution < 1.29 is 4.74 Å². The molecule has 98 valence electrons. The van der Waals surface area contributed by atoms with E-state index in [1.807, 2.05) is 36.4 Å². The van der Waals surface area contributed by atoms with Crippen molar-refractivity contribution in [3.63, 3.8) is 0 Å². The van der Waals surface area contributed by atoms with Gasteiger partial charge in [0.2, 0.25) is 0 Å². The Balaban J connectivity index is 1.82. The van der Waals surface area contributed by atoms with Crippen molar-refractivity contribution in [1.29, 1.82) is 0 Å². The predicted molar refractivity (Wildman–Crippen MR) is 77.7 cm³/mol. The predicted octanol–water partition coefficient (Wildman–Crippen LogP) is 3.22. The summed E-state index contributed by atoms with van der Waals surface area (Å²) in [6.07, 6.45) is 1.59. The molecule has 3 rings (SSSR count). The number of rotatable bonds is 2. The van der Waals surface area contributed by atoms with Crippen LogP contribution in [-0.2, 0) is 12.8 Å². The molecule has 0 radical (unpaired) electrons. The molecule has 1 unspecified atom stereocenters. The quantitative estimate of drug-likeness (QED) is 0.912. The summed E-state index contributed by atoms with van der Waals surface area (Å²) in [4.78, 5) is 0. The molecule has 1 aliphatic heterocycles. The zero-order valence-electron chi connectivity index (χ0n) is 10.6. The highest BCUT2D eigenvalue weighted by Gasteiger charge is 2.32. The summed E-state index contributed by atoms with van der Waals surface area (Å²) in [5.41, 5.74) is 8.46. The minimum atomic E-state index is -0.362. The van der Waals surface area contributed by atoms with Crippen molar-refractivity contribution in [1.82, 2.24) is 0 Å². The molecule has 1 atom stereocenters. The zero-order chi connectivity index (χ0) is 13.3. The van der Waals surface area contributed by atoms with Crippen LogP contribution in [0.1, 0.15) is 11.1 Å². The molecule has 1 aliphatic rings. The van der Waals surface area contributed by atoms with E-state index in [0.29, 0.717) is 6.61 Å². The first kappa shape index (κ1) is 12.5. The van der Waals surface area contributed by atoms with Gasteiger partial charge in [0.15, 0.2) is 0 Å². The topological polar surface area (TPSA) is 35.2 Å². The van der Waals surface area contributed by atoms with Crippen LogP contribution in [0.5, 0.6) is 5.75 Å². The fourth-order valence-corrected chi connectivity index (χ4v) is 2.82. The lowest BCUT2D eigenvalue weighted by Crippen LogP contribution is -2.51. The van der Waals surface area contributed by atoms with E-state index in [0.717, 1.165) is 29.2 Å². The molecule has 2 nitrogen and oxygen atoms in total. The van der Waals surface area contributed by atoms with Gasteiger partial charge >= 0.3 is 0 Å². The molecule has 19 heavy (non-hydrogen) atoms. The van der Waals surface area contributed by atoms with Crippen molar-refractivity contribution >= 4 is 11.6 Å². The number of fused-ring (bicyclic) bond motifs is 1. The van der Waals surface area contributed by atoms with Gasteiger partial charge in [0.05, 0.1) is 5.54 Å². The maximum absolute atomic E-state index is 6.49. The largest absolute Gasteiger partial charge is 0.491 e. The molecule has 0 saturated heterocycles. The Morgan fingerprint density at radius 1 is 1.16 bits per heavy atom. The van der Waals surface area contributed by atoms with Crippen molar-refractivity contribution in [3.8, 4) is 5.75 Å². The molecule has 0 bridgehead atoms. The zero-order valence-corrected chi connectivity index (χ0v) is 11.4. The Morgan fingerprint density at radius 3 is 2.84 bits per heavy atom. The standard InChI is InChI=1S/C16H16ClNO/c17-14-6-3-4-12(8-14)9-16(18)10-13-5-1-2-7-15(13)19-11-16/h1-8H,9-11,18H2. The van der Waals surface area contributed by atoms with Crippen LogP contribution in [-0.4, -0.2) is 12.1 Å². The monoisotopic (exact) mass is 273 g/mol. The van der Waals surface area contributed by atoms with E-state index in [4.69, 9.17) is 22.1 Å². The first-order chi connectivity index (χ1) is 9.15. The Kier molecular flexibility index (Phi) is 3.21. The van der Waals surface area contributed by atoms with Crippen LogP contribution in [0.15, 0.2) is 48.5 Å². The normalized spacial score (nSPS) is 21.6. The summed E-state index contributed by atoms with van der Waals surface area (Å²) >= 11 is 6.02. The van der Waals surface area contributed by atoms with Gasteiger partial charge in [-0.15, -0.1) is 0 Å². The molecular formula is C16H16ClNO. The van der Waals surface area contributed by atoms with Crippen molar-refractivity contribution in [2.75, 3.05) is 6.61 Å². The summed E-state index contributed by atoms with van der Waals surface area (Å²) in [5.74, 6) is 0.953. The molecule has 2 aromatic carbocycles. The molecule has 0 saturated carbocycles. The second-order valence-corrected chi connectivity index (χ2v) is 5.68. The van der Waals surface area contributed by atoms with Crippen LogP contribution in [0.25, 0.3) is 0 Å². The average molecular weight is 274 g/mol. The summed E-state index contributed by atoms with van der Waals surface area (Å²) in [7, 11) is 0. The number of nitrogens with two attached hydrogens (primary N) is 1. The summed E-state index contributed by atoms with van der Waals surface area (Å²) in [6.45, 7) is 0.538. The first-order valence-electron chi connectivity index (χ1n) is 6.39. The molecule has 1 heterocycles. The second-order valence-electron chi connectivity index (χ2n) is 5.24. The minimum absolute atomic E-state index is 0.362. The number of benzene rings is 2. The van der Waals surface area contributed by atoms with Crippen molar-refractivity contribution in [2.24, 2.45) is 5.73 Å². The van der Waals surface area contributed by atoms with Gasteiger partial charge in [-0.2, -0.15) is 0 Å². The van der Waals surface area contributed by atoms with Crippen molar-refractivity contribution in [2.45, 2.75) is 18.4 Å². The maximum atomic E-state index is 6.49. The van der Waals surface area contributed by atoms with Gasteiger partial charge < -0.3 is 10.5 Å². The number of hydrogen-bond acceptors (Lipinski definition) is 2.